The van der Waals surface area contributed by atoms with Gasteiger partial charge in [-0.15, -0.1) is 0 Å². The summed E-state index contributed by atoms with van der Waals surface area (Å²) in [7, 11) is 2.25. The Labute approximate surface area is 153 Å². The van der Waals surface area contributed by atoms with Crippen molar-refractivity contribution in [1.82, 2.24) is 0 Å². The summed E-state index contributed by atoms with van der Waals surface area (Å²) in [6.45, 7) is 0.821. The van der Waals surface area contributed by atoms with Crippen molar-refractivity contribution >= 4 is 21.4 Å². The first-order valence-corrected chi connectivity index (χ1v) is 9.52. The second-order valence-corrected chi connectivity index (χ2v) is 7.82. The molecule has 8 heteroatoms. The Morgan fingerprint density at radius 3 is 2.23 bits per heavy atom. The maximum absolute atomic E-state index is 13.1. The fourth-order valence-electron chi connectivity index (χ4n) is 2.99. The lowest BCUT2D eigenvalue weighted by atomic mass is 10.2. The molecule has 0 saturated carbocycles. The van der Waals surface area contributed by atoms with Gasteiger partial charge in [-0.3, -0.25) is 4.31 Å². The molecular weight excluding hydrogens is 356 g/mol. The molecule has 0 amide bonds. The van der Waals surface area contributed by atoms with Crippen LogP contribution in [0.25, 0.3) is 0 Å². The van der Waals surface area contributed by atoms with Crippen molar-refractivity contribution in [1.29, 1.82) is 0 Å². The van der Waals surface area contributed by atoms with Gasteiger partial charge < -0.3 is 19.5 Å². The van der Waals surface area contributed by atoms with Crippen LogP contribution in [0.1, 0.15) is 5.56 Å². The third-order valence-electron chi connectivity index (χ3n) is 4.46. The zero-order valence-electron chi connectivity index (χ0n) is 15.2. The molecule has 0 unspecified atom stereocenters. The number of hydrogen-bond donors (Lipinski definition) is 1. The van der Waals surface area contributed by atoms with Crippen LogP contribution in [0.2, 0.25) is 0 Å². The van der Waals surface area contributed by atoms with E-state index in [0.717, 1.165) is 24.2 Å². The van der Waals surface area contributed by atoms with Gasteiger partial charge in [0.2, 0.25) is 5.75 Å². The van der Waals surface area contributed by atoms with E-state index in [-0.39, 0.29) is 4.90 Å². The zero-order valence-corrected chi connectivity index (χ0v) is 16.0. The van der Waals surface area contributed by atoms with Gasteiger partial charge in [0.15, 0.2) is 11.5 Å². The second kappa shape index (κ2) is 6.95. The van der Waals surface area contributed by atoms with Gasteiger partial charge in [-0.25, -0.2) is 8.42 Å². The van der Waals surface area contributed by atoms with Gasteiger partial charge >= 0.3 is 0 Å². The molecule has 0 atom stereocenters. The molecule has 0 aliphatic carbocycles. The highest BCUT2D eigenvalue weighted by atomic mass is 32.2. The van der Waals surface area contributed by atoms with Crippen LogP contribution in [0, 0.1) is 0 Å². The Morgan fingerprint density at radius 2 is 1.65 bits per heavy atom. The van der Waals surface area contributed by atoms with E-state index < -0.39 is 10.0 Å². The van der Waals surface area contributed by atoms with Crippen molar-refractivity contribution in [2.75, 3.05) is 44.5 Å². The summed E-state index contributed by atoms with van der Waals surface area (Å²) in [5.74, 6) is 1.19. The SMILES string of the molecule is COc1cc(N(C)S(=O)(=O)c2ccc3c(c2)CCN3)cc(OC)c1OC. The van der Waals surface area contributed by atoms with Crippen molar-refractivity contribution < 1.29 is 22.6 Å². The standard InChI is InChI=1S/C18H22N2O5S/c1-20(13-10-16(23-2)18(25-4)17(11-13)24-3)26(21,22)14-5-6-15-12(9-14)7-8-19-15/h5-6,9-11,19H,7-8H2,1-4H3. The van der Waals surface area contributed by atoms with E-state index >= 15 is 0 Å². The number of ether oxygens (including phenoxy) is 3. The summed E-state index contributed by atoms with van der Waals surface area (Å²) in [6, 6.07) is 8.35. The Kier molecular flexibility index (Phi) is 4.86. The fraction of sp³-hybridized carbons (Fsp3) is 0.333. The van der Waals surface area contributed by atoms with Crippen LogP contribution in [0.4, 0.5) is 11.4 Å². The van der Waals surface area contributed by atoms with Crippen LogP contribution in [-0.4, -0.2) is 43.3 Å². The van der Waals surface area contributed by atoms with E-state index in [1.165, 1.54) is 32.7 Å². The number of anilines is 2. The number of benzene rings is 2. The number of fused-ring (bicyclic) bond motifs is 1. The number of hydrogen-bond acceptors (Lipinski definition) is 6. The molecular formula is C18H22N2O5S. The second-order valence-electron chi connectivity index (χ2n) is 5.85. The van der Waals surface area contributed by atoms with Gasteiger partial charge in [0, 0.05) is 31.4 Å². The first-order valence-electron chi connectivity index (χ1n) is 8.08. The fourth-order valence-corrected chi connectivity index (χ4v) is 4.22. The first kappa shape index (κ1) is 18.2. The zero-order chi connectivity index (χ0) is 18.9. The summed E-state index contributed by atoms with van der Waals surface area (Å²) in [5, 5.41) is 3.23. The molecule has 0 spiro atoms. The summed E-state index contributed by atoms with van der Waals surface area (Å²) in [4.78, 5) is 0.246. The van der Waals surface area contributed by atoms with Gasteiger partial charge in [0.25, 0.3) is 10.0 Å². The third kappa shape index (κ3) is 3.01. The van der Waals surface area contributed by atoms with Crippen molar-refractivity contribution in [3.63, 3.8) is 0 Å². The number of rotatable bonds is 6. The summed E-state index contributed by atoms with van der Waals surface area (Å²) < 4.78 is 43.3. The lowest BCUT2D eigenvalue weighted by Crippen LogP contribution is -2.26. The molecule has 1 N–H and O–H groups in total. The van der Waals surface area contributed by atoms with Crippen molar-refractivity contribution in [2.45, 2.75) is 11.3 Å². The maximum Gasteiger partial charge on any atom is 0.264 e. The molecule has 1 aliphatic rings. The predicted molar refractivity (Wildman–Crippen MR) is 100 cm³/mol. The molecule has 2 aromatic carbocycles. The van der Waals surface area contributed by atoms with Crippen LogP contribution >= 0.6 is 0 Å². The average Bonchev–Trinajstić information content (AvgIpc) is 3.13. The van der Waals surface area contributed by atoms with Crippen LogP contribution in [0.15, 0.2) is 35.2 Å². The maximum atomic E-state index is 13.1. The smallest absolute Gasteiger partial charge is 0.264 e. The monoisotopic (exact) mass is 378 g/mol. The van der Waals surface area contributed by atoms with Gasteiger partial charge in [0.1, 0.15) is 0 Å². The lowest BCUT2D eigenvalue weighted by molar-refractivity contribution is 0.324. The molecule has 140 valence electrons. The van der Waals surface area contributed by atoms with Crippen molar-refractivity contribution in [3.8, 4) is 17.2 Å². The molecule has 3 rings (SSSR count). The van der Waals surface area contributed by atoms with Gasteiger partial charge in [-0.2, -0.15) is 0 Å². The predicted octanol–water partition coefficient (Wildman–Crippen LogP) is 2.51. The molecule has 0 bridgehead atoms. The highest BCUT2D eigenvalue weighted by molar-refractivity contribution is 7.92. The topological polar surface area (TPSA) is 77.1 Å². The Morgan fingerprint density at radius 1 is 1.00 bits per heavy atom. The highest BCUT2D eigenvalue weighted by Crippen LogP contribution is 2.41. The normalized spacial score (nSPS) is 12.9. The minimum atomic E-state index is -3.73. The van der Waals surface area contributed by atoms with E-state index in [1.807, 2.05) is 0 Å². The number of nitrogens with one attached hydrogen (secondary N) is 1. The van der Waals surface area contributed by atoms with E-state index in [9.17, 15) is 8.42 Å². The Hall–Kier alpha value is -2.61. The molecule has 0 aromatic heterocycles. The molecule has 0 radical (unpaired) electrons. The molecule has 2 aromatic rings. The molecule has 1 aliphatic heterocycles. The van der Waals surface area contributed by atoms with Crippen molar-refractivity contribution in [2.24, 2.45) is 0 Å². The minimum Gasteiger partial charge on any atom is -0.493 e. The lowest BCUT2D eigenvalue weighted by Gasteiger charge is -2.22. The van der Waals surface area contributed by atoms with E-state index in [2.05, 4.69) is 5.32 Å². The van der Waals surface area contributed by atoms with Gasteiger partial charge in [0.05, 0.1) is 31.9 Å². The first-order chi connectivity index (χ1) is 12.4. The largest absolute Gasteiger partial charge is 0.493 e. The van der Waals surface area contributed by atoms with E-state index in [4.69, 9.17) is 14.2 Å². The highest BCUT2D eigenvalue weighted by Gasteiger charge is 2.25. The Balaban J connectivity index is 2.04. The van der Waals surface area contributed by atoms with Crippen molar-refractivity contribution in [3.05, 3.63) is 35.9 Å². The van der Waals surface area contributed by atoms with E-state index in [0.29, 0.717) is 22.9 Å². The number of methoxy groups -OCH3 is 3. The Bertz CT molecular complexity index is 902. The average molecular weight is 378 g/mol. The minimum absolute atomic E-state index is 0.246. The van der Waals surface area contributed by atoms with E-state index in [1.54, 1.807) is 30.3 Å². The van der Waals surface area contributed by atoms with Gasteiger partial charge in [-0.05, 0) is 30.2 Å². The quantitative estimate of drug-likeness (QED) is 0.832. The molecule has 26 heavy (non-hydrogen) atoms. The van der Waals surface area contributed by atoms with Gasteiger partial charge in [-0.1, -0.05) is 0 Å². The van der Waals surface area contributed by atoms with Crippen LogP contribution < -0.4 is 23.8 Å². The summed E-state index contributed by atoms with van der Waals surface area (Å²) in [6.07, 6.45) is 0.812. The van der Waals surface area contributed by atoms with Crippen LogP contribution in [0.3, 0.4) is 0 Å². The van der Waals surface area contributed by atoms with Crippen LogP contribution in [0.5, 0.6) is 17.2 Å². The molecule has 7 nitrogen and oxygen atoms in total. The van der Waals surface area contributed by atoms with Crippen LogP contribution in [-0.2, 0) is 16.4 Å². The summed E-state index contributed by atoms with van der Waals surface area (Å²) >= 11 is 0. The molecule has 1 heterocycles. The molecule has 0 fully saturated rings. The number of sulfonamides is 1. The molecule has 0 saturated heterocycles. The third-order valence-corrected chi connectivity index (χ3v) is 6.24. The number of nitrogens with zero attached hydrogens (tertiary/aromatic N) is 1. The summed E-state index contributed by atoms with van der Waals surface area (Å²) in [5.41, 5.74) is 2.40.